The van der Waals surface area contributed by atoms with Crippen molar-refractivity contribution in [3.63, 3.8) is 0 Å². The Hall–Kier alpha value is -2.03. The van der Waals surface area contributed by atoms with Crippen molar-refractivity contribution in [2.45, 2.75) is 13.5 Å². The first kappa shape index (κ1) is 19.3. The fraction of sp³-hybridized carbons (Fsp3) is 0.150. The number of anilines is 1. The fourth-order valence-electron chi connectivity index (χ4n) is 3.30. The van der Waals surface area contributed by atoms with Gasteiger partial charge in [-0.05, 0) is 42.8 Å². The molecule has 2 aromatic carbocycles. The molecule has 2 heterocycles. The van der Waals surface area contributed by atoms with Crippen LogP contribution in [0.1, 0.15) is 18.1 Å². The topological polar surface area (TPSA) is 40.6 Å². The second-order valence-electron chi connectivity index (χ2n) is 6.30. The molecule has 142 valence electrons. The number of hydrogen-bond acceptors (Lipinski definition) is 4. The van der Waals surface area contributed by atoms with Gasteiger partial charge in [0.2, 0.25) is 0 Å². The van der Waals surface area contributed by atoms with Crippen molar-refractivity contribution in [1.82, 2.24) is 4.90 Å². The van der Waals surface area contributed by atoms with Crippen LogP contribution < -0.4 is 4.90 Å². The van der Waals surface area contributed by atoms with E-state index < -0.39 is 0 Å². The predicted molar refractivity (Wildman–Crippen MR) is 116 cm³/mol. The van der Waals surface area contributed by atoms with Crippen molar-refractivity contribution in [2.24, 2.45) is 0 Å². The lowest BCUT2D eigenvalue weighted by Gasteiger charge is -2.14. The highest BCUT2D eigenvalue weighted by Gasteiger charge is 2.41. The van der Waals surface area contributed by atoms with Crippen molar-refractivity contribution in [3.05, 3.63) is 68.8 Å². The van der Waals surface area contributed by atoms with E-state index in [1.54, 1.807) is 17.0 Å². The molecule has 0 saturated carbocycles. The van der Waals surface area contributed by atoms with Crippen LogP contribution >= 0.6 is 39.9 Å². The Morgan fingerprint density at radius 1 is 1.07 bits per heavy atom. The van der Waals surface area contributed by atoms with E-state index in [1.165, 1.54) is 17.0 Å². The molecule has 28 heavy (non-hydrogen) atoms. The lowest BCUT2D eigenvalue weighted by Crippen LogP contribution is -2.29. The Bertz CT molecular complexity index is 1050. The number of benzene rings is 2. The molecule has 4 nitrogen and oxygen atoms in total. The molecule has 2 aliphatic heterocycles. The van der Waals surface area contributed by atoms with Crippen molar-refractivity contribution < 1.29 is 14.0 Å². The molecule has 0 aliphatic carbocycles. The number of amides is 2. The molecule has 2 aliphatic rings. The van der Waals surface area contributed by atoms with Gasteiger partial charge in [-0.25, -0.2) is 4.39 Å². The summed E-state index contributed by atoms with van der Waals surface area (Å²) in [6.45, 7) is 2.64. The summed E-state index contributed by atoms with van der Waals surface area (Å²) in [5.74, 6) is -0.834. The third-order valence-corrected chi connectivity index (χ3v) is 6.57. The molecular formula is C20H14BrFN2O2S2. The van der Waals surface area contributed by atoms with E-state index in [2.05, 4.69) is 15.9 Å². The molecule has 0 atom stereocenters. The van der Waals surface area contributed by atoms with Crippen LogP contribution in [-0.2, 0) is 16.1 Å². The number of likely N-dealkylation sites (N-methyl/N-ethyl adjacent to an activating group) is 1. The minimum Gasteiger partial charge on any atom is -0.308 e. The van der Waals surface area contributed by atoms with Gasteiger partial charge in [-0.3, -0.25) is 14.5 Å². The zero-order chi connectivity index (χ0) is 20.0. The maximum absolute atomic E-state index is 13.1. The second-order valence-corrected chi connectivity index (χ2v) is 8.86. The van der Waals surface area contributed by atoms with Gasteiger partial charge in [-0.1, -0.05) is 52.0 Å². The van der Waals surface area contributed by atoms with Gasteiger partial charge in [-0.15, -0.1) is 0 Å². The Morgan fingerprint density at radius 3 is 2.46 bits per heavy atom. The first-order valence-corrected chi connectivity index (χ1v) is 10.6. The minimum atomic E-state index is -0.338. The number of carbonyl (C=O) groups excluding carboxylic acids is 2. The molecule has 1 saturated heterocycles. The fourth-order valence-corrected chi connectivity index (χ4v) is 4.98. The van der Waals surface area contributed by atoms with Crippen molar-refractivity contribution in [3.8, 4) is 0 Å². The Kier molecular flexibility index (Phi) is 5.11. The Labute approximate surface area is 179 Å². The van der Waals surface area contributed by atoms with Crippen molar-refractivity contribution in [2.75, 3.05) is 11.4 Å². The van der Waals surface area contributed by atoms with Gasteiger partial charge in [0, 0.05) is 16.6 Å². The van der Waals surface area contributed by atoms with Gasteiger partial charge in [0.05, 0.1) is 22.7 Å². The molecule has 0 aromatic heterocycles. The van der Waals surface area contributed by atoms with E-state index in [9.17, 15) is 14.0 Å². The van der Waals surface area contributed by atoms with E-state index in [0.717, 1.165) is 33.0 Å². The van der Waals surface area contributed by atoms with Gasteiger partial charge in [0.1, 0.15) is 10.1 Å². The third kappa shape index (κ3) is 3.19. The highest BCUT2D eigenvalue weighted by atomic mass is 79.9. The summed E-state index contributed by atoms with van der Waals surface area (Å²) in [5.41, 5.74) is 2.66. The van der Waals surface area contributed by atoms with Crippen LogP contribution in [0.25, 0.3) is 5.57 Å². The largest absolute Gasteiger partial charge is 0.308 e. The number of halogens is 2. The number of hydrogen-bond donors (Lipinski definition) is 0. The van der Waals surface area contributed by atoms with Crippen LogP contribution in [0.15, 0.2) is 51.8 Å². The smallest absolute Gasteiger partial charge is 0.267 e. The zero-order valence-corrected chi connectivity index (χ0v) is 18.0. The number of rotatable bonds is 3. The minimum absolute atomic E-state index is 0.196. The molecule has 0 N–H and O–H groups in total. The summed E-state index contributed by atoms with van der Waals surface area (Å²) in [6.07, 6.45) is 0. The van der Waals surface area contributed by atoms with Crippen molar-refractivity contribution in [1.29, 1.82) is 0 Å². The summed E-state index contributed by atoms with van der Waals surface area (Å²) < 4.78 is 14.4. The molecule has 1 fully saturated rings. The van der Waals surface area contributed by atoms with Crippen LogP contribution in [0, 0.1) is 5.82 Å². The highest BCUT2D eigenvalue weighted by molar-refractivity contribution is 9.10. The van der Waals surface area contributed by atoms with Crippen LogP contribution in [0.3, 0.4) is 0 Å². The summed E-state index contributed by atoms with van der Waals surface area (Å²) in [5, 5.41) is 0. The maximum atomic E-state index is 13.1. The zero-order valence-electron chi connectivity index (χ0n) is 14.7. The van der Waals surface area contributed by atoms with Gasteiger partial charge in [0.25, 0.3) is 11.8 Å². The molecule has 2 aromatic rings. The molecule has 0 radical (unpaired) electrons. The summed E-state index contributed by atoms with van der Waals surface area (Å²) in [6, 6.07) is 11.5. The second kappa shape index (κ2) is 7.42. The van der Waals surface area contributed by atoms with Gasteiger partial charge in [-0.2, -0.15) is 0 Å². The number of fused-ring (bicyclic) bond motifs is 1. The van der Waals surface area contributed by atoms with Crippen LogP contribution in [0.4, 0.5) is 10.1 Å². The molecule has 0 bridgehead atoms. The van der Waals surface area contributed by atoms with Crippen LogP contribution in [0.2, 0.25) is 0 Å². The number of thioether (sulfide) groups is 1. The summed E-state index contributed by atoms with van der Waals surface area (Å²) in [4.78, 5) is 29.6. The summed E-state index contributed by atoms with van der Waals surface area (Å²) in [7, 11) is 0. The monoisotopic (exact) mass is 476 g/mol. The lowest BCUT2D eigenvalue weighted by molar-refractivity contribution is -0.122. The number of nitrogens with zero attached hydrogens (tertiary/aromatic N) is 2. The van der Waals surface area contributed by atoms with E-state index in [0.29, 0.717) is 21.3 Å². The Balaban J connectivity index is 1.75. The first-order chi connectivity index (χ1) is 13.4. The predicted octanol–water partition coefficient (Wildman–Crippen LogP) is 4.73. The first-order valence-electron chi connectivity index (χ1n) is 8.55. The van der Waals surface area contributed by atoms with E-state index >= 15 is 0 Å². The molecule has 4 rings (SSSR count). The maximum Gasteiger partial charge on any atom is 0.267 e. The Morgan fingerprint density at radius 2 is 1.79 bits per heavy atom. The standard InChI is InChI=1S/C20H14BrFN2O2S2/c1-2-23-15-8-5-12(21)9-14(15)16(18(23)25)17-19(26)24(20(27)28-17)10-11-3-6-13(22)7-4-11/h3-9H,2,10H2,1H3/b17-16+. The van der Waals surface area contributed by atoms with Gasteiger partial charge in [0.15, 0.2) is 0 Å². The highest BCUT2D eigenvalue weighted by Crippen LogP contribution is 2.45. The molecule has 8 heteroatoms. The van der Waals surface area contributed by atoms with Gasteiger partial charge < -0.3 is 4.90 Å². The molecular weight excluding hydrogens is 463 g/mol. The van der Waals surface area contributed by atoms with Gasteiger partial charge >= 0.3 is 0 Å². The van der Waals surface area contributed by atoms with Crippen LogP contribution in [0.5, 0.6) is 0 Å². The van der Waals surface area contributed by atoms with E-state index in [4.69, 9.17) is 12.2 Å². The number of thiocarbonyl (C=S) groups is 1. The lowest BCUT2D eigenvalue weighted by atomic mass is 10.1. The molecule has 0 spiro atoms. The average molecular weight is 477 g/mol. The van der Waals surface area contributed by atoms with E-state index in [-0.39, 0.29) is 24.2 Å². The van der Waals surface area contributed by atoms with Crippen molar-refractivity contribution >= 4 is 67.3 Å². The normalized spacial score (nSPS) is 19.0. The SMILES string of the molecule is CCN1C(=O)/C(=C2/SC(=S)N(Cc3ccc(F)cc3)C2=O)c2cc(Br)ccc21. The summed E-state index contributed by atoms with van der Waals surface area (Å²) >= 11 is 9.98. The quantitative estimate of drug-likeness (QED) is 0.474. The third-order valence-electron chi connectivity index (χ3n) is 4.62. The average Bonchev–Trinajstić information content (AvgIpc) is 3.09. The van der Waals surface area contributed by atoms with E-state index in [1.807, 2.05) is 25.1 Å². The molecule has 2 amide bonds. The van der Waals surface area contributed by atoms with Crippen LogP contribution in [-0.4, -0.2) is 27.6 Å². The molecule has 0 unspecified atom stereocenters. The number of carbonyl (C=O) groups is 2.